The van der Waals surface area contributed by atoms with Gasteiger partial charge in [0.05, 0.1) is 8.95 Å². The first-order chi connectivity index (χ1) is 10.3. The Morgan fingerprint density at radius 3 is 2.09 bits per heavy atom. The lowest BCUT2D eigenvalue weighted by Gasteiger charge is -2.21. The third-order valence-electron chi connectivity index (χ3n) is 3.11. The Balaban J connectivity index is 2.06. The summed E-state index contributed by atoms with van der Waals surface area (Å²) in [7, 11) is 0. The first-order valence-electron chi connectivity index (χ1n) is 7.25. The first-order valence-corrected chi connectivity index (χ1v) is 8.83. The van der Waals surface area contributed by atoms with E-state index in [4.69, 9.17) is 4.74 Å². The normalized spacial score (nSPS) is 11.5. The molecule has 0 atom stereocenters. The van der Waals surface area contributed by atoms with Gasteiger partial charge in [-0.3, -0.25) is 0 Å². The van der Waals surface area contributed by atoms with Gasteiger partial charge in [0.1, 0.15) is 12.4 Å². The molecule has 0 aliphatic carbocycles. The third-order valence-corrected chi connectivity index (χ3v) is 4.28. The summed E-state index contributed by atoms with van der Waals surface area (Å²) in [5.74, 6) is 0.836. The average Bonchev–Trinajstić information content (AvgIpc) is 2.44. The molecule has 0 unspecified atom stereocenters. The van der Waals surface area contributed by atoms with E-state index in [-0.39, 0.29) is 5.54 Å². The molecule has 0 saturated heterocycles. The maximum atomic E-state index is 5.94. The summed E-state index contributed by atoms with van der Waals surface area (Å²) in [4.78, 5) is 0. The van der Waals surface area contributed by atoms with Gasteiger partial charge in [-0.05, 0) is 75.9 Å². The van der Waals surface area contributed by atoms with Crippen molar-refractivity contribution >= 4 is 31.9 Å². The van der Waals surface area contributed by atoms with Crippen LogP contribution in [-0.2, 0) is 13.2 Å². The van der Waals surface area contributed by atoms with Crippen LogP contribution in [0.25, 0.3) is 0 Å². The van der Waals surface area contributed by atoms with Crippen molar-refractivity contribution in [1.29, 1.82) is 0 Å². The van der Waals surface area contributed by atoms with Gasteiger partial charge in [0.15, 0.2) is 0 Å². The number of hydrogen-bond acceptors (Lipinski definition) is 2. The van der Waals surface area contributed by atoms with Gasteiger partial charge in [0.2, 0.25) is 0 Å². The number of halogens is 2. The van der Waals surface area contributed by atoms with Crippen LogP contribution in [0, 0.1) is 0 Å². The van der Waals surface area contributed by atoms with E-state index in [0.717, 1.165) is 26.8 Å². The molecule has 0 aliphatic heterocycles. The van der Waals surface area contributed by atoms with Crippen LogP contribution in [-0.4, -0.2) is 5.54 Å². The number of benzene rings is 2. The number of rotatable bonds is 5. The maximum absolute atomic E-state index is 5.94. The molecule has 1 N–H and O–H groups in total. The van der Waals surface area contributed by atoms with Crippen LogP contribution in [0.15, 0.2) is 51.4 Å². The van der Waals surface area contributed by atoms with Crippen molar-refractivity contribution in [2.75, 3.05) is 0 Å². The topological polar surface area (TPSA) is 21.3 Å². The molecule has 0 saturated carbocycles. The molecule has 118 valence electrons. The zero-order chi connectivity index (χ0) is 16.2. The summed E-state index contributed by atoms with van der Waals surface area (Å²) in [6.45, 7) is 7.86. The molecule has 0 spiro atoms. The molecule has 0 radical (unpaired) electrons. The van der Waals surface area contributed by atoms with Crippen LogP contribution >= 0.6 is 31.9 Å². The highest BCUT2D eigenvalue weighted by molar-refractivity contribution is 9.11. The number of hydrogen-bond donors (Lipinski definition) is 1. The van der Waals surface area contributed by atoms with Crippen LogP contribution in [0.4, 0.5) is 0 Å². The molecular formula is C18H21Br2NO. The van der Waals surface area contributed by atoms with Crippen LogP contribution in [0.1, 0.15) is 31.9 Å². The second-order valence-corrected chi connectivity index (χ2v) is 7.98. The van der Waals surface area contributed by atoms with E-state index in [2.05, 4.69) is 82.2 Å². The van der Waals surface area contributed by atoms with Gasteiger partial charge in [-0.15, -0.1) is 0 Å². The molecule has 2 aromatic rings. The lowest BCUT2D eigenvalue weighted by Crippen LogP contribution is -2.35. The van der Waals surface area contributed by atoms with Gasteiger partial charge >= 0.3 is 0 Å². The van der Waals surface area contributed by atoms with E-state index in [0.29, 0.717) is 6.61 Å². The van der Waals surface area contributed by atoms with E-state index >= 15 is 0 Å². The molecule has 22 heavy (non-hydrogen) atoms. The van der Waals surface area contributed by atoms with Crippen molar-refractivity contribution in [1.82, 2.24) is 5.32 Å². The molecule has 2 aromatic carbocycles. The molecule has 2 rings (SSSR count). The van der Waals surface area contributed by atoms with E-state index < -0.39 is 0 Å². The summed E-state index contributed by atoms with van der Waals surface area (Å²) >= 11 is 7.22. The second-order valence-electron chi connectivity index (χ2n) is 6.27. The lowest BCUT2D eigenvalue weighted by atomic mass is 10.1. The standard InChI is InChI=1S/C18H21Br2NO/c1-18(2,3)21-11-14-9-15(19)17(16(20)10-14)22-12-13-7-5-4-6-8-13/h4-10,21H,11-12H2,1-3H3. The number of ether oxygens (including phenoxy) is 1. The molecule has 0 bridgehead atoms. The Morgan fingerprint density at radius 1 is 0.955 bits per heavy atom. The Bertz CT molecular complexity index is 598. The summed E-state index contributed by atoms with van der Waals surface area (Å²) in [6.07, 6.45) is 0. The SMILES string of the molecule is CC(C)(C)NCc1cc(Br)c(OCc2ccccc2)c(Br)c1. The lowest BCUT2D eigenvalue weighted by molar-refractivity contribution is 0.302. The Hall–Kier alpha value is -0.840. The van der Waals surface area contributed by atoms with E-state index in [1.807, 2.05) is 18.2 Å². The largest absolute Gasteiger partial charge is 0.487 e. The fourth-order valence-corrected chi connectivity index (χ4v) is 3.46. The highest BCUT2D eigenvalue weighted by Crippen LogP contribution is 2.35. The van der Waals surface area contributed by atoms with Crippen molar-refractivity contribution in [2.24, 2.45) is 0 Å². The maximum Gasteiger partial charge on any atom is 0.148 e. The summed E-state index contributed by atoms with van der Waals surface area (Å²) < 4.78 is 7.86. The zero-order valence-electron chi connectivity index (χ0n) is 13.1. The van der Waals surface area contributed by atoms with Gasteiger partial charge in [-0.2, -0.15) is 0 Å². The minimum atomic E-state index is 0.0986. The summed E-state index contributed by atoms with van der Waals surface area (Å²) in [6, 6.07) is 14.4. The first kappa shape index (κ1) is 17.5. The molecule has 0 aromatic heterocycles. The van der Waals surface area contributed by atoms with Crippen molar-refractivity contribution in [3.8, 4) is 5.75 Å². The van der Waals surface area contributed by atoms with Crippen LogP contribution in [0.2, 0.25) is 0 Å². The van der Waals surface area contributed by atoms with E-state index in [9.17, 15) is 0 Å². The molecule has 0 heterocycles. The average molecular weight is 427 g/mol. The fourth-order valence-electron chi connectivity index (χ4n) is 1.95. The third kappa shape index (κ3) is 5.41. The molecular weight excluding hydrogens is 406 g/mol. The molecule has 0 fully saturated rings. The van der Waals surface area contributed by atoms with Crippen LogP contribution in [0.5, 0.6) is 5.75 Å². The van der Waals surface area contributed by atoms with Crippen molar-refractivity contribution in [2.45, 2.75) is 39.5 Å². The van der Waals surface area contributed by atoms with Crippen molar-refractivity contribution in [3.05, 3.63) is 62.5 Å². The monoisotopic (exact) mass is 425 g/mol. The summed E-state index contributed by atoms with van der Waals surface area (Å²) in [5.41, 5.74) is 2.46. The van der Waals surface area contributed by atoms with Gasteiger partial charge in [-0.25, -0.2) is 0 Å². The van der Waals surface area contributed by atoms with Gasteiger partial charge in [-0.1, -0.05) is 30.3 Å². The quantitative estimate of drug-likeness (QED) is 0.663. The van der Waals surface area contributed by atoms with E-state index in [1.54, 1.807) is 0 Å². The predicted octanol–water partition coefficient (Wildman–Crippen LogP) is 5.68. The molecule has 4 heteroatoms. The van der Waals surface area contributed by atoms with Gasteiger partial charge in [0, 0.05) is 12.1 Å². The zero-order valence-corrected chi connectivity index (χ0v) is 16.3. The van der Waals surface area contributed by atoms with Crippen molar-refractivity contribution < 1.29 is 4.74 Å². The predicted molar refractivity (Wildman–Crippen MR) is 99.2 cm³/mol. The number of nitrogens with one attached hydrogen (secondary N) is 1. The fraction of sp³-hybridized carbons (Fsp3) is 0.333. The minimum Gasteiger partial charge on any atom is -0.487 e. The van der Waals surface area contributed by atoms with Crippen molar-refractivity contribution in [3.63, 3.8) is 0 Å². The molecule has 2 nitrogen and oxygen atoms in total. The second kappa shape index (κ2) is 7.62. The highest BCUT2D eigenvalue weighted by atomic mass is 79.9. The highest BCUT2D eigenvalue weighted by Gasteiger charge is 2.12. The Morgan fingerprint density at radius 2 is 1.55 bits per heavy atom. The Labute approximate surface area is 149 Å². The van der Waals surface area contributed by atoms with Crippen LogP contribution < -0.4 is 10.1 Å². The Kier molecular flexibility index (Phi) is 6.07. The summed E-state index contributed by atoms with van der Waals surface area (Å²) in [5, 5.41) is 3.49. The molecule has 0 aliphatic rings. The van der Waals surface area contributed by atoms with Gasteiger partial charge in [0.25, 0.3) is 0 Å². The molecule has 0 amide bonds. The smallest absolute Gasteiger partial charge is 0.148 e. The van der Waals surface area contributed by atoms with Gasteiger partial charge < -0.3 is 10.1 Å². The minimum absolute atomic E-state index is 0.0986. The van der Waals surface area contributed by atoms with Crippen LogP contribution in [0.3, 0.4) is 0 Å². The van der Waals surface area contributed by atoms with E-state index in [1.165, 1.54) is 5.56 Å².